The van der Waals surface area contributed by atoms with Gasteiger partial charge in [0.15, 0.2) is 5.78 Å². The Balaban J connectivity index is 1.68. The number of ether oxygens (including phenoxy) is 1. The highest BCUT2D eigenvalue weighted by Gasteiger charge is 2.44. The highest BCUT2D eigenvalue weighted by Crippen LogP contribution is 2.40. The first-order valence-corrected chi connectivity index (χ1v) is 12.2. The first kappa shape index (κ1) is 25.8. The van der Waals surface area contributed by atoms with Crippen molar-refractivity contribution in [1.29, 1.82) is 5.26 Å². The lowest BCUT2D eigenvalue weighted by molar-refractivity contribution is -0.144. The molecule has 0 amide bonds. The molecule has 35 heavy (non-hydrogen) atoms. The van der Waals surface area contributed by atoms with Crippen LogP contribution in [0.5, 0.6) is 0 Å². The fourth-order valence-corrected chi connectivity index (χ4v) is 4.77. The minimum atomic E-state index is -0.577. The Hall–Kier alpha value is -3.77. The van der Waals surface area contributed by atoms with Crippen LogP contribution in [0.4, 0.5) is 11.4 Å². The maximum absolute atomic E-state index is 13.3. The summed E-state index contributed by atoms with van der Waals surface area (Å²) in [6.45, 7) is 4.60. The van der Waals surface area contributed by atoms with E-state index in [9.17, 15) is 9.59 Å². The minimum absolute atomic E-state index is 0.111. The molecule has 0 bridgehead atoms. The van der Waals surface area contributed by atoms with Gasteiger partial charge in [0, 0.05) is 30.4 Å². The van der Waals surface area contributed by atoms with Crippen molar-refractivity contribution in [3.63, 3.8) is 0 Å². The lowest BCUT2D eigenvalue weighted by atomic mass is 9.86. The molecule has 6 nitrogen and oxygen atoms in total. The van der Waals surface area contributed by atoms with Crippen molar-refractivity contribution in [2.24, 2.45) is 0 Å². The van der Waals surface area contributed by atoms with E-state index >= 15 is 0 Å². The molecular weight excluding hydrogens is 438 g/mol. The molecule has 0 heterocycles. The van der Waals surface area contributed by atoms with E-state index < -0.39 is 5.54 Å². The van der Waals surface area contributed by atoms with Crippen molar-refractivity contribution in [2.45, 2.75) is 57.9 Å². The third-order valence-electron chi connectivity index (χ3n) is 6.62. The average Bonchev–Trinajstić information content (AvgIpc) is 3.36. The van der Waals surface area contributed by atoms with Gasteiger partial charge < -0.3 is 15.0 Å². The molecule has 0 aromatic heterocycles. The van der Waals surface area contributed by atoms with Gasteiger partial charge in [0.05, 0.1) is 36.7 Å². The third kappa shape index (κ3) is 6.43. The highest BCUT2D eigenvalue weighted by atomic mass is 16.5. The molecule has 1 N–H and O–H groups in total. The molecule has 0 aliphatic heterocycles. The van der Waals surface area contributed by atoms with Gasteiger partial charge in [0.25, 0.3) is 0 Å². The molecule has 1 aliphatic carbocycles. The summed E-state index contributed by atoms with van der Waals surface area (Å²) in [6, 6.07) is 15.5. The zero-order chi connectivity index (χ0) is 25.3. The van der Waals surface area contributed by atoms with Gasteiger partial charge in [-0.2, -0.15) is 5.26 Å². The van der Waals surface area contributed by atoms with Gasteiger partial charge >= 0.3 is 5.97 Å². The number of nitrogens with zero attached hydrogens (tertiary/aromatic N) is 2. The zero-order valence-electron chi connectivity index (χ0n) is 20.8. The molecule has 0 radical (unpaired) electrons. The lowest BCUT2D eigenvalue weighted by Gasteiger charge is -2.40. The van der Waals surface area contributed by atoms with E-state index in [2.05, 4.69) is 28.1 Å². The van der Waals surface area contributed by atoms with Crippen LogP contribution in [0.1, 0.15) is 62.1 Å². The monoisotopic (exact) mass is 471 g/mol. The van der Waals surface area contributed by atoms with Crippen molar-refractivity contribution >= 4 is 23.1 Å². The first-order chi connectivity index (χ1) is 16.9. The van der Waals surface area contributed by atoms with Crippen molar-refractivity contribution in [2.75, 3.05) is 30.4 Å². The predicted octanol–water partition coefficient (Wildman–Crippen LogP) is 4.99. The number of carbonyl (C=O) groups is 2. The number of ketones is 1. The number of Topliss-reactive ketones (excluding diaryl/α,β-unsaturated/α-hetero) is 1. The van der Waals surface area contributed by atoms with Crippen molar-refractivity contribution in [1.82, 2.24) is 0 Å². The van der Waals surface area contributed by atoms with Gasteiger partial charge in [-0.05, 0) is 68.7 Å². The quantitative estimate of drug-likeness (QED) is 0.410. The number of likely N-dealkylation sites (N-methyl/N-ethyl adjacent to an activating group) is 1. The van der Waals surface area contributed by atoms with E-state index in [0.717, 1.165) is 48.2 Å². The molecule has 0 spiro atoms. The van der Waals surface area contributed by atoms with Crippen LogP contribution in [-0.4, -0.2) is 37.5 Å². The summed E-state index contributed by atoms with van der Waals surface area (Å²) in [7, 11) is 1.99. The number of hydrogen-bond donors (Lipinski definition) is 1. The van der Waals surface area contributed by atoms with E-state index in [0.29, 0.717) is 18.7 Å². The second-order valence-electron chi connectivity index (χ2n) is 8.88. The van der Waals surface area contributed by atoms with Crippen LogP contribution in [-0.2, 0) is 14.3 Å². The molecule has 182 valence electrons. The van der Waals surface area contributed by atoms with Crippen molar-refractivity contribution in [3.05, 3.63) is 59.2 Å². The van der Waals surface area contributed by atoms with E-state index in [1.165, 1.54) is 0 Å². The number of benzene rings is 2. The summed E-state index contributed by atoms with van der Waals surface area (Å²) in [4.78, 5) is 27.2. The Morgan fingerprint density at radius 1 is 1.11 bits per heavy atom. The van der Waals surface area contributed by atoms with E-state index in [4.69, 9.17) is 10.00 Å². The number of hydrogen-bond acceptors (Lipinski definition) is 6. The Morgan fingerprint density at radius 2 is 1.89 bits per heavy atom. The van der Waals surface area contributed by atoms with Crippen LogP contribution in [0.25, 0.3) is 0 Å². The van der Waals surface area contributed by atoms with Gasteiger partial charge in [-0.3, -0.25) is 9.59 Å². The molecule has 1 fully saturated rings. The van der Waals surface area contributed by atoms with Crippen LogP contribution in [0.3, 0.4) is 0 Å². The maximum Gasteiger partial charge on any atom is 0.306 e. The lowest BCUT2D eigenvalue weighted by Crippen LogP contribution is -2.51. The smallest absolute Gasteiger partial charge is 0.306 e. The number of nitriles is 1. The molecule has 1 aliphatic rings. The van der Waals surface area contributed by atoms with Crippen molar-refractivity contribution < 1.29 is 14.3 Å². The molecule has 6 heteroatoms. The molecular formula is C29H33N3O3. The number of nitrogens with one attached hydrogen (secondary N) is 1. The Morgan fingerprint density at radius 3 is 2.57 bits per heavy atom. The van der Waals surface area contributed by atoms with Gasteiger partial charge in [-0.25, -0.2) is 0 Å². The summed E-state index contributed by atoms with van der Waals surface area (Å²) in [5.41, 5.74) is 3.86. The third-order valence-corrected chi connectivity index (χ3v) is 6.62. The minimum Gasteiger partial charge on any atom is -0.466 e. The number of aryl methyl sites for hydroxylation is 1. The molecule has 0 atom stereocenters. The molecule has 3 rings (SSSR count). The topological polar surface area (TPSA) is 82.4 Å². The fraction of sp³-hybridized carbons (Fsp3) is 0.414. The SMILES string of the molecule is CCOC(=O)CCC(=O)C1(N(C)c2ccc(C#CCNc3cccc(C#N)c3)cc2C)CCCC1. The van der Waals surface area contributed by atoms with E-state index in [1.807, 2.05) is 44.3 Å². The molecule has 0 unspecified atom stereocenters. The van der Waals surface area contributed by atoms with Crippen LogP contribution in [0.15, 0.2) is 42.5 Å². The highest BCUT2D eigenvalue weighted by molar-refractivity contribution is 5.94. The second-order valence-corrected chi connectivity index (χ2v) is 8.88. The molecule has 2 aromatic carbocycles. The normalized spacial score (nSPS) is 13.8. The number of rotatable bonds is 9. The number of esters is 1. The Bertz CT molecular complexity index is 1160. The Kier molecular flexibility index (Phi) is 8.92. The number of anilines is 2. The fourth-order valence-electron chi connectivity index (χ4n) is 4.77. The van der Waals surface area contributed by atoms with Gasteiger partial charge in [0.2, 0.25) is 0 Å². The van der Waals surface area contributed by atoms with E-state index in [1.54, 1.807) is 19.1 Å². The molecule has 1 saturated carbocycles. The summed E-state index contributed by atoms with van der Waals surface area (Å²) in [6.07, 6.45) is 3.93. The Labute approximate surface area is 208 Å². The summed E-state index contributed by atoms with van der Waals surface area (Å²) < 4.78 is 5.01. The van der Waals surface area contributed by atoms with E-state index in [-0.39, 0.29) is 24.6 Å². The van der Waals surface area contributed by atoms with Crippen LogP contribution >= 0.6 is 0 Å². The summed E-state index contributed by atoms with van der Waals surface area (Å²) in [5.74, 6) is 6.10. The molecule has 2 aromatic rings. The first-order valence-electron chi connectivity index (χ1n) is 12.2. The largest absolute Gasteiger partial charge is 0.466 e. The number of carbonyl (C=O) groups excluding carboxylic acids is 2. The van der Waals surface area contributed by atoms with Gasteiger partial charge in [-0.1, -0.05) is 30.7 Å². The van der Waals surface area contributed by atoms with Crippen molar-refractivity contribution in [3.8, 4) is 17.9 Å². The molecule has 0 saturated heterocycles. The predicted molar refractivity (Wildman–Crippen MR) is 138 cm³/mol. The average molecular weight is 472 g/mol. The van der Waals surface area contributed by atoms with Crippen LogP contribution in [0.2, 0.25) is 0 Å². The van der Waals surface area contributed by atoms with Gasteiger partial charge in [0.1, 0.15) is 0 Å². The second kappa shape index (κ2) is 12.1. The van der Waals surface area contributed by atoms with Crippen LogP contribution in [0, 0.1) is 30.1 Å². The maximum atomic E-state index is 13.3. The summed E-state index contributed by atoms with van der Waals surface area (Å²) >= 11 is 0. The van der Waals surface area contributed by atoms with Crippen LogP contribution < -0.4 is 10.2 Å². The van der Waals surface area contributed by atoms with Gasteiger partial charge in [-0.15, -0.1) is 0 Å². The zero-order valence-corrected chi connectivity index (χ0v) is 20.8. The standard InChI is InChI=1S/C29H33N3O3/c1-4-35-28(34)15-14-27(33)29(16-5-6-17-29)32(3)26-13-12-23(19-22(26)2)10-8-18-31-25-11-7-9-24(20-25)21-30/h7,9,11-13,19-20,31H,4-6,14-18H2,1-3H3. The summed E-state index contributed by atoms with van der Waals surface area (Å²) in [5, 5.41) is 12.2.